The second kappa shape index (κ2) is 13.9. The Balaban J connectivity index is 1.61. The van der Waals surface area contributed by atoms with E-state index in [0.29, 0.717) is 5.92 Å². The van der Waals surface area contributed by atoms with Crippen LogP contribution in [0.3, 0.4) is 0 Å². The van der Waals surface area contributed by atoms with Crippen molar-refractivity contribution in [2.45, 2.75) is 83.5 Å². The van der Waals surface area contributed by atoms with E-state index < -0.39 is 0 Å². The maximum atomic E-state index is 6.58. The Hall–Kier alpha value is -2.88. The summed E-state index contributed by atoms with van der Waals surface area (Å²) in [6, 6.07) is 7.08. The first-order valence-corrected chi connectivity index (χ1v) is 13.3. The third-order valence-electron chi connectivity index (χ3n) is 7.07. The summed E-state index contributed by atoms with van der Waals surface area (Å²) in [6.45, 7) is 7.17. The zero-order valence-electron chi connectivity index (χ0n) is 21.9. The Bertz CT molecular complexity index is 1020. The molecule has 4 heteroatoms. The molecule has 1 aromatic rings. The summed E-state index contributed by atoms with van der Waals surface area (Å²) in [5.41, 5.74) is 22.2. The van der Waals surface area contributed by atoms with E-state index in [1.165, 1.54) is 53.5 Å². The molecule has 1 aliphatic heterocycles. The van der Waals surface area contributed by atoms with E-state index in [4.69, 9.17) is 16.5 Å². The average Bonchev–Trinajstić information content (AvgIpc) is 2.84. The van der Waals surface area contributed by atoms with Gasteiger partial charge in [0, 0.05) is 30.7 Å². The van der Waals surface area contributed by atoms with Crippen LogP contribution in [0.25, 0.3) is 0 Å². The molecule has 35 heavy (non-hydrogen) atoms. The number of aliphatic imine (C=N–C) groups is 2. The van der Waals surface area contributed by atoms with Crippen molar-refractivity contribution in [3.8, 4) is 0 Å². The molecule has 0 saturated carbocycles. The number of hydrogen-bond acceptors (Lipinski definition) is 4. The van der Waals surface area contributed by atoms with Crippen LogP contribution in [0.15, 0.2) is 76.0 Å². The predicted molar refractivity (Wildman–Crippen MR) is 152 cm³/mol. The van der Waals surface area contributed by atoms with E-state index in [-0.39, 0.29) is 0 Å². The molecule has 1 heterocycles. The van der Waals surface area contributed by atoms with Crippen molar-refractivity contribution in [3.05, 3.63) is 82.7 Å². The third-order valence-corrected chi connectivity index (χ3v) is 7.07. The molecule has 0 bridgehead atoms. The Morgan fingerprint density at radius 3 is 2.66 bits per heavy atom. The number of fused-ring (bicyclic) bond motifs is 1. The fourth-order valence-corrected chi connectivity index (χ4v) is 5.14. The molecule has 1 atom stereocenters. The van der Waals surface area contributed by atoms with E-state index in [1.54, 1.807) is 6.20 Å². The van der Waals surface area contributed by atoms with Crippen LogP contribution in [0.5, 0.6) is 0 Å². The van der Waals surface area contributed by atoms with Gasteiger partial charge >= 0.3 is 0 Å². The van der Waals surface area contributed by atoms with Crippen molar-refractivity contribution < 1.29 is 0 Å². The van der Waals surface area contributed by atoms with Crippen molar-refractivity contribution in [2.75, 3.05) is 13.6 Å². The molecule has 1 unspecified atom stereocenters. The average molecular weight is 473 g/mol. The first-order valence-electron chi connectivity index (χ1n) is 13.3. The highest BCUT2D eigenvalue weighted by Gasteiger charge is 2.17. The van der Waals surface area contributed by atoms with Gasteiger partial charge in [-0.1, -0.05) is 29.8 Å². The Morgan fingerprint density at radius 1 is 1.11 bits per heavy atom. The summed E-state index contributed by atoms with van der Waals surface area (Å²) in [7, 11) is 1.86. The van der Waals surface area contributed by atoms with E-state index in [9.17, 15) is 0 Å². The maximum absolute atomic E-state index is 6.58. The third kappa shape index (κ3) is 8.69. The maximum Gasteiger partial charge on any atom is 0.0395 e. The molecule has 1 aliphatic carbocycles. The van der Waals surface area contributed by atoms with E-state index in [2.05, 4.69) is 54.9 Å². The van der Waals surface area contributed by atoms with Crippen LogP contribution in [0.2, 0.25) is 0 Å². The predicted octanol–water partition coefficient (Wildman–Crippen LogP) is 6.72. The number of rotatable bonds is 10. The number of nitrogens with zero attached hydrogens (tertiary/aromatic N) is 2. The first kappa shape index (κ1) is 26.7. The van der Waals surface area contributed by atoms with Crippen LogP contribution in [0.4, 0.5) is 0 Å². The van der Waals surface area contributed by atoms with Gasteiger partial charge in [-0.05, 0) is 124 Å². The molecule has 4 nitrogen and oxygen atoms in total. The molecule has 0 aromatic heterocycles. The lowest BCUT2D eigenvalue weighted by Crippen LogP contribution is -2.11. The lowest BCUT2D eigenvalue weighted by molar-refractivity contribution is 0.654. The van der Waals surface area contributed by atoms with E-state index >= 15 is 0 Å². The van der Waals surface area contributed by atoms with Crippen LogP contribution in [-0.4, -0.2) is 25.0 Å². The molecule has 188 valence electrons. The van der Waals surface area contributed by atoms with E-state index in [1.807, 2.05) is 7.05 Å². The van der Waals surface area contributed by atoms with Crippen molar-refractivity contribution in [3.63, 3.8) is 0 Å². The van der Waals surface area contributed by atoms with Gasteiger partial charge in [-0.3, -0.25) is 9.98 Å². The highest BCUT2D eigenvalue weighted by Crippen LogP contribution is 2.32. The van der Waals surface area contributed by atoms with Gasteiger partial charge in [-0.2, -0.15) is 0 Å². The molecule has 0 saturated heterocycles. The quantitative estimate of drug-likeness (QED) is 0.293. The van der Waals surface area contributed by atoms with Crippen LogP contribution in [0.1, 0.15) is 87.3 Å². The van der Waals surface area contributed by atoms with Crippen molar-refractivity contribution in [1.29, 1.82) is 0 Å². The van der Waals surface area contributed by atoms with Crippen molar-refractivity contribution in [2.24, 2.45) is 21.5 Å². The topological polar surface area (TPSA) is 76.8 Å². The van der Waals surface area contributed by atoms with Crippen LogP contribution in [0, 0.1) is 0 Å². The molecular formula is C31H44N4. The smallest absolute Gasteiger partial charge is 0.0395 e. The molecule has 4 N–H and O–H groups in total. The molecule has 2 aliphatic rings. The second-order valence-electron chi connectivity index (χ2n) is 10.1. The highest BCUT2D eigenvalue weighted by molar-refractivity contribution is 5.97. The zero-order chi connectivity index (χ0) is 25.0. The van der Waals surface area contributed by atoms with Gasteiger partial charge in [0.15, 0.2) is 0 Å². The highest BCUT2D eigenvalue weighted by atomic mass is 14.7. The van der Waals surface area contributed by atoms with Gasteiger partial charge in [0.1, 0.15) is 0 Å². The van der Waals surface area contributed by atoms with Gasteiger partial charge in [0.05, 0.1) is 0 Å². The Morgan fingerprint density at radius 2 is 1.91 bits per heavy atom. The van der Waals surface area contributed by atoms with Gasteiger partial charge < -0.3 is 11.5 Å². The Kier molecular flexibility index (Phi) is 10.6. The number of allylic oxidation sites excluding steroid dienone is 6. The molecule has 0 radical (unpaired) electrons. The van der Waals surface area contributed by atoms with Gasteiger partial charge in [0.2, 0.25) is 0 Å². The summed E-state index contributed by atoms with van der Waals surface area (Å²) in [4.78, 5) is 9.27. The lowest BCUT2D eigenvalue weighted by atomic mass is 9.84. The molecule has 0 fully saturated rings. The summed E-state index contributed by atoms with van der Waals surface area (Å²) in [5, 5.41) is 0. The minimum absolute atomic E-state index is 0.355. The lowest BCUT2D eigenvalue weighted by Gasteiger charge is -2.22. The minimum Gasteiger partial charge on any atom is -0.404 e. The fourth-order valence-electron chi connectivity index (χ4n) is 5.14. The minimum atomic E-state index is 0.355. The molecular weight excluding hydrogens is 428 g/mol. The monoisotopic (exact) mass is 472 g/mol. The van der Waals surface area contributed by atoms with Gasteiger partial charge in [-0.15, -0.1) is 6.58 Å². The molecule has 1 aromatic carbocycles. The van der Waals surface area contributed by atoms with Crippen molar-refractivity contribution in [1.82, 2.24) is 0 Å². The van der Waals surface area contributed by atoms with Crippen molar-refractivity contribution >= 4 is 11.4 Å². The van der Waals surface area contributed by atoms with E-state index in [0.717, 1.165) is 68.6 Å². The standard InChI is InChI=1S/C31H44N4/c1-23(2)18-28(27-15-14-25-9-4-5-10-26(25)19-27)20-29(33)21-31(34-3)12-6-11-30-16-13-24(22-32)8-7-17-35-30/h13-16,19,21-22,28H,1,4-12,17-18,20,32-33H2,2-3H3/b16-13?,24-22+,29-21?,34-31?,35-30?. The second-order valence-corrected chi connectivity index (χ2v) is 10.1. The first-order chi connectivity index (χ1) is 17.0. The molecule has 0 spiro atoms. The number of hydrogen-bond donors (Lipinski definition) is 2. The summed E-state index contributed by atoms with van der Waals surface area (Å²) < 4.78 is 0. The normalized spacial score (nSPS) is 19.0. The zero-order valence-corrected chi connectivity index (χ0v) is 21.9. The molecule has 0 amide bonds. The summed E-state index contributed by atoms with van der Waals surface area (Å²) >= 11 is 0. The van der Waals surface area contributed by atoms with Crippen LogP contribution >= 0.6 is 0 Å². The van der Waals surface area contributed by atoms with Crippen LogP contribution in [-0.2, 0) is 12.8 Å². The fraction of sp³-hybridized carbons (Fsp3) is 0.484. The largest absolute Gasteiger partial charge is 0.404 e. The van der Waals surface area contributed by atoms with Crippen LogP contribution < -0.4 is 11.5 Å². The van der Waals surface area contributed by atoms with Gasteiger partial charge in [0.25, 0.3) is 0 Å². The Labute approximate surface area is 212 Å². The summed E-state index contributed by atoms with van der Waals surface area (Å²) in [5.74, 6) is 0.355. The number of nitrogens with two attached hydrogens (primary N) is 2. The number of benzene rings is 1. The van der Waals surface area contributed by atoms with Gasteiger partial charge in [-0.25, -0.2) is 0 Å². The SMILES string of the molecule is C=C(C)CC(CC(N)=CC(CCCC1=NCCC/C(=C\N)C=C1)=NC)c1ccc2c(c1)CCCC2. The summed E-state index contributed by atoms with van der Waals surface area (Å²) in [6.07, 6.45) is 19.7. The number of aryl methyl sites for hydroxylation is 2. The molecule has 3 rings (SSSR count).